The molecule has 366 valence electrons. The van der Waals surface area contributed by atoms with Crippen LogP contribution in [-0.2, 0) is 40.0 Å². The van der Waals surface area contributed by atoms with Gasteiger partial charge in [-0.05, 0) is 114 Å². The van der Waals surface area contributed by atoms with E-state index in [1.165, 1.54) is 37.0 Å². The molecule has 2 aliphatic heterocycles. The van der Waals surface area contributed by atoms with Crippen molar-refractivity contribution >= 4 is 41.7 Å². The zero-order valence-electron chi connectivity index (χ0n) is 40.1. The van der Waals surface area contributed by atoms with Gasteiger partial charge in [-0.25, -0.2) is 0 Å². The Labute approximate surface area is 389 Å². The fraction of sp³-hybridized carbons (Fsp3) is 0.740. The summed E-state index contributed by atoms with van der Waals surface area (Å²) in [5.41, 5.74) is 6.61. The molecule has 0 radical (unpaired) electrons. The van der Waals surface area contributed by atoms with Crippen molar-refractivity contribution in [2.45, 2.75) is 199 Å². The minimum atomic E-state index is -0.969. The summed E-state index contributed by atoms with van der Waals surface area (Å²) in [6, 6.07) is 4.86. The number of carbonyl (C=O) groups excluding carboxylic acids is 7. The molecule has 0 saturated carbocycles. The van der Waals surface area contributed by atoms with E-state index in [9.17, 15) is 33.6 Å². The molecule has 2 fully saturated rings. The first-order chi connectivity index (χ1) is 31.4. The molecule has 2 heterocycles. The number of unbranched alkanes of at least 4 members (excludes halogenated alkanes) is 5. The first kappa shape index (κ1) is 55.0. The predicted molar refractivity (Wildman–Crippen MR) is 255 cm³/mol. The average Bonchev–Trinajstić information content (AvgIpc) is 4.04. The third-order valence-corrected chi connectivity index (χ3v) is 13.1. The van der Waals surface area contributed by atoms with Crippen LogP contribution in [0.2, 0.25) is 0 Å². The molecule has 0 aliphatic carbocycles. The second-order valence-electron chi connectivity index (χ2n) is 18.6. The number of aldehydes is 1. The van der Waals surface area contributed by atoms with Gasteiger partial charge < -0.3 is 47.3 Å². The van der Waals surface area contributed by atoms with Gasteiger partial charge in [0.2, 0.25) is 35.4 Å². The maximum Gasteiger partial charge on any atom is 0.245 e. The molecule has 65 heavy (non-hydrogen) atoms. The fourth-order valence-electron chi connectivity index (χ4n) is 8.94. The number of benzene rings is 1. The molecule has 3 unspecified atom stereocenters. The highest BCUT2D eigenvalue weighted by atomic mass is 16.2. The number of nitrogens with two attached hydrogens (primary N) is 1. The fourth-order valence-corrected chi connectivity index (χ4v) is 8.94. The minimum Gasteiger partial charge on any atom is -0.355 e. The van der Waals surface area contributed by atoms with Gasteiger partial charge in [-0.15, -0.1) is 0 Å². The number of likely N-dealkylation sites (tertiary alicyclic amines) is 1. The summed E-state index contributed by atoms with van der Waals surface area (Å²) in [5, 5.41) is 17.6. The van der Waals surface area contributed by atoms with Gasteiger partial charge in [-0.1, -0.05) is 103 Å². The van der Waals surface area contributed by atoms with Crippen molar-refractivity contribution in [3.05, 3.63) is 35.9 Å². The summed E-state index contributed by atoms with van der Waals surface area (Å²) >= 11 is 0. The Balaban J connectivity index is 1.61. The molecular weight excluding hydrogens is 825 g/mol. The molecule has 1 aromatic rings. The third-order valence-electron chi connectivity index (χ3n) is 13.1. The molecule has 2 saturated heterocycles. The Kier molecular flexibility index (Phi) is 26.7. The smallest absolute Gasteiger partial charge is 0.245 e. The number of hydrogen-bond donors (Lipinski definition) is 7. The number of rotatable bonds is 33. The van der Waals surface area contributed by atoms with Crippen LogP contribution in [-0.4, -0.2) is 109 Å². The Morgan fingerprint density at radius 2 is 1.45 bits per heavy atom. The van der Waals surface area contributed by atoms with Gasteiger partial charge in [0.15, 0.2) is 0 Å². The lowest BCUT2D eigenvalue weighted by molar-refractivity contribution is -0.142. The highest BCUT2D eigenvalue weighted by Gasteiger charge is 2.39. The average molecular weight is 909 g/mol. The zero-order valence-corrected chi connectivity index (χ0v) is 40.1. The van der Waals surface area contributed by atoms with Crippen molar-refractivity contribution in [1.29, 1.82) is 0 Å². The largest absolute Gasteiger partial charge is 0.355 e. The lowest BCUT2D eigenvalue weighted by atomic mass is 9.91. The van der Waals surface area contributed by atoms with E-state index in [0.717, 1.165) is 56.0 Å². The normalized spacial score (nSPS) is 18.7. The SMILES string of the molecule is CCC(C)CC(C)CCCCCCCCC(=O)N[C@@H](CCCNC(=O)C1CCCN1)C(=O)N[C@@H](CC)C(=O)N1CCC[C@H]1C(=O)N[C@@H](CCc1ccccc1)C(=O)N[C@H](C=O)CCCN. The van der Waals surface area contributed by atoms with Crippen molar-refractivity contribution in [1.82, 2.24) is 36.8 Å². The quantitative estimate of drug-likeness (QED) is 0.0382. The van der Waals surface area contributed by atoms with Crippen LogP contribution in [0.1, 0.15) is 162 Å². The lowest BCUT2D eigenvalue weighted by Crippen LogP contribution is -2.58. The number of aryl methyl sites for hydroxylation is 1. The third kappa shape index (κ3) is 20.8. The van der Waals surface area contributed by atoms with Crippen LogP contribution >= 0.6 is 0 Å². The van der Waals surface area contributed by atoms with Gasteiger partial charge in [-0.2, -0.15) is 0 Å². The van der Waals surface area contributed by atoms with Crippen molar-refractivity contribution < 1.29 is 33.6 Å². The molecule has 0 spiro atoms. The summed E-state index contributed by atoms with van der Waals surface area (Å²) in [4.78, 5) is 94.7. The molecule has 0 bridgehead atoms. The summed E-state index contributed by atoms with van der Waals surface area (Å²) in [6.07, 6.45) is 16.2. The standard InChI is InChI=1S/C50H84N8O7/c1-5-36(3)34-37(4)20-12-9-7-8-10-15-27-45(60)55-42(25-18-32-53-46(61)41-24-17-31-52-41)48(63)56-40(6-2)50(65)58-33-19-26-44(58)49(64)57-43(29-28-38-21-13-11-14-22-38)47(62)54-39(35-59)23-16-30-51/h11,13-14,21-22,35-37,39-44,52H,5-10,12,15-20,23-34,51H2,1-4H3,(H,53,61)(H,54,62)(H,55,60)(H,56,63)(H,57,64)/t36?,37?,39-,40-,41?,42-,43-,44-/m0/s1. The monoisotopic (exact) mass is 909 g/mol. The van der Waals surface area contributed by atoms with Crippen molar-refractivity contribution in [3.63, 3.8) is 0 Å². The molecule has 0 aromatic heterocycles. The molecule has 15 heteroatoms. The van der Waals surface area contributed by atoms with E-state index in [-0.39, 0.29) is 43.5 Å². The van der Waals surface area contributed by atoms with Crippen LogP contribution in [0.3, 0.4) is 0 Å². The maximum absolute atomic E-state index is 14.2. The Morgan fingerprint density at radius 1 is 0.738 bits per heavy atom. The Hall–Kier alpha value is -4.37. The van der Waals surface area contributed by atoms with E-state index in [0.29, 0.717) is 70.9 Å². The first-order valence-corrected chi connectivity index (χ1v) is 25.1. The zero-order chi connectivity index (χ0) is 47.4. The number of carbonyl (C=O) groups is 7. The molecule has 15 nitrogen and oxygen atoms in total. The van der Waals surface area contributed by atoms with Crippen molar-refractivity contribution in [3.8, 4) is 0 Å². The molecule has 8 N–H and O–H groups in total. The van der Waals surface area contributed by atoms with Crippen LogP contribution in [0, 0.1) is 11.8 Å². The Bertz CT molecular complexity index is 1590. The van der Waals surface area contributed by atoms with Gasteiger partial charge in [0.05, 0.1) is 12.1 Å². The Morgan fingerprint density at radius 3 is 2.12 bits per heavy atom. The number of amides is 6. The molecule has 8 atom stereocenters. The lowest BCUT2D eigenvalue weighted by Gasteiger charge is -2.30. The van der Waals surface area contributed by atoms with Crippen LogP contribution < -0.4 is 37.6 Å². The highest BCUT2D eigenvalue weighted by Crippen LogP contribution is 2.22. The van der Waals surface area contributed by atoms with E-state index in [2.05, 4.69) is 52.7 Å². The van der Waals surface area contributed by atoms with E-state index >= 15 is 0 Å². The van der Waals surface area contributed by atoms with Crippen LogP contribution in [0.15, 0.2) is 30.3 Å². The van der Waals surface area contributed by atoms with Gasteiger partial charge in [-0.3, -0.25) is 28.8 Å². The van der Waals surface area contributed by atoms with Gasteiger partial charge in [0, 0.05) is 19.5 Å². The first-order valence-electron chi connectivity index (χ1n) is 25.1. The summed E-state index contributed by atoms with van der Waals surface area (Å²) in [7, 11) is 0. The van der Waals surface area contributed by atoms with E-state index in [1.54, 1.807) is 6.92 Å². The maximum atomic E-state index is 14.2. The van der Waals surface area contributed by atoms with Crippen LogP contribution in [0.4, 0.5) is 0 Å². The molecule has 6 amide bonds. The highest BCUT2D eigenvalue weighted by molar-refractivity contribution is 5.96. The summed E-state index contributed by atoms with van der Waals surface area (Å²) in [6.45, 7) is 10.5. The molecular formula is C50H84N8O7. The predicted octanol–water partition coefficient (Wildman–Crippen LogP) is 4.74. The van der Waals surface area contributed by atoms with Crippen LogP contribution in [0.25, 0.3) is 0 Å². The minimum absolute atomic E-state index is 0.0789. The number of hydrogen-bond acceptors (Lipinski definition) is 9. The second kappa shape index (κ2) is 31.5. The number of nitrogens with zero attached hydrogens (tertiary/aromatic N) is 1. The molecule has 1 aromatic carbocycles. The van der Waals surface area contributed by atoms with E-state index in [4.69, 9.17) is 5.73 Å². The van der Waals surface area contributed by atoms with E-state index < -0.39 is 53.8 Å². The van der Waals surface area contributed by atoms with Gasteiger partial charge in [0.25, 0.3) is 0 Å². The second-order valence-corrected chi connectivity index (χ2v) is 18.6. The van der Waals surface area contributed by atoms with E-state index in [1.807, 2.05) is 30.3 Å². The number of nitrogens with one attached hydrogen (secondary N) is 6. The van der Waals surface area contributed by atoms with Crippen molar-refractivity contribution in [2.24, 2.45) is 17.6 Å². The summed E-state index contributed by atoms with van der Waals surface area (Å²) < 4.78 is 0. The van der Waals surface area contributed by atoms with Crippen LogP contribution in [0.5, 0.6) is 0 Å². The summed E-state index contributed by atoms with van der Waals surface area (Å²) in [5.74, 6) is -0.681. The topological polar surface area (TPSA) is 221 Å². The van der Waals surface area contributed by atoms with Crippen molar-refractivity contribution in [2.75, 3.05) is 26.2 Å². The molecule has 2 aliphatic rings. The van der Waals surface area contributed by atoms with Gasteiger partial charge in [0.1, 0.15) is 30.5 Å². The molecule has 3 rings (SSSR count). The van der Waals surface area contributed by atoms with Gasteiger partial charge >= 0.3 is 0 Å².